The predicted molar refractivity (Wildman–Crippen MR) is 70.0 cm³/mol. The highest BCUT2D eigenvalue weighted by Gasteiger charge is 2.38. The van der Waals surface area contributed by atoms with E-state index >= 15 is 0 Å². The van der Waals surface area contributed by atoms with Crippen LogP contribution in [0, 0.1) is 11.3 Å². The Morgan fingerprint density at radius 3 is 2.29 bits per heavy atom. The van der Waals surface area contributed by atoms with Crippen molar-refractivity contribution in [3.05, 3.63) is 53.9 Å². The van der Waals surface area contributed by atoms with Gasteiger partial charge >= 0.3 is 5.92 Å². The lowest BCUT2D eigenvalue weighted by molar-refractivity contribution is -0.142. The zero-order valence-corrected chi connectivity index (χ0v) is 11.0. The maximum absolute atomic E-state index is 13.4. The highest BCUT2D eigenvalue weighted by Crippen LogP contribution is 2.29. The van der Waals surface area contributed by atoms with Crippen LogP contribution in [0.2, 0.25) is 0 Å². The number of carbonyl (C=O) groups is 1. The van der Waals surface area contributed by atoms with E-state index in [-0.39, 0.29) is 5.75 Å². The number of pyridine rings is 1. The summed E-state index contributed by atoms with van der Waals surface area (Å²) < 4.78 is 32.3. The van der Waals surface area contributed by atoms with E-state index in [4.69, 9.17) is 10.00 Å². The number of ether oxygens (including phenoxy) is 1. The van der Waals surface area contributed by atoms with Crippen molar-refractivity contribution in [1.82, 2.24) is 4.98 Å². The third-order valence-electron chi connectivity index (χ3n) is 2.72. The van der Waals surface area contributed by atoms with Crippen LogP contribution in [0.1, 0.15) is 18.2 Å². The van der Waals surface area contributed by atoms with Crippen LogP contribution in [0.5, 0.6) is 11.5 Å². The van der Waals surface area contributed by atoms with E-state index in [1.54, 1.807) is 24.3 Å². The predicted octanol–water partition coefficient (Wildman–Crippen LogP) is 3.43. The molecule has 0 saturated heterocycles. The van der Waals surface area contributed by atoms with Gasteiger partial charge in [-0.15, -0.1) is 0 Å². The zero-order valence-electron chi connectivity index (χ0n) is 11.0. The van der Waals surface area contributed by atoms with Crippen LogP contribution in [-0.4, -0.2) is 10.8 Å². The van der Waals surface area contributed by atoms with E-state index in [1.165, 1.54) is 6.07 Å². The molecule has 21 heavy (non-hydrogen) atoms. The van der Waals surface area contributed by atoms with E-state index in [0.29, 0.717) is 11.3 Å². The number of rotatable bonds is 4. The Balaban J connectivity index is 2.16. The quantitative estimate of drug-likeness (QED) is 0.864. The summed E-state index contributed by atoms with van der Waals surface area (Å²) in [5.41, 5.74) is -0.140. The minimum atomic E-state index is -3.60. The molecule has 0 N–H and O–H groups in total. The Hall–Kier alpha value is -2.81. The number of ketones is 1. The largest absolute Gasteiger partial charge is 0.456 e. The Kier molecular flexibility index (Phi) is 3.94. The van der Waals surface area contributed by atoms with Gasteiger partial charge in [0.15, 0.2) is 0 Å². The smallest absolute Gasteiger partial charge is 0.346 e. The second-order valence-corrected chi connectivity index (χ2v) is 4.25. The molecule has 0 bridgehead atoms. The summed E-state index contributed by atoms with van der Waals surface area (Å²) in [6, 6.07) is 10.6. The molecule has 0 aliphatic carbocycles. The average molecular weight is 288 g/mol. The van der Waals surface area contributed by atoms with Crippen LogP contribution >= 0.6 is 0 Å². The minimum absolute atomic E-state index is 0.253. The van der Waals surface area contributed by atoms with Gasteiger partial charge in [0.25, 0.3) is 0 Å². The minimum Gasteiger partial charge on any atom is -0.456 e. The molecule has 6 heteroatoms. The maximum Gasteiger partial charge on any atom is 0.346 e. The molecule has 0 unspecified atom stereocenters. The number of aromatic nitrogens is 1. The summed E-state index contributed by atoms with van der Waals surface area (Å²) in [6.45, 7) is 0.808. The normalized spacial score (nSPS) is 10.8. The highest BCUT2D eigenvalue weighted by atomic mass is 19.3. The molecule has 1 heterocycles. The third-order valence-corrected chi connectivity index (χ3v) is 2.72. The number of benzene rings is 1. The Morgan fingerprint density at radius 2 is 1.81 bits per heavy atom. The van der Waals surface area contributed by atoms with Gasteiger partial charge in [-0.3, -0.25) is 9.78 Å². The van der Waals surface area contributed by atoms with Crippen LogP contribution in [0.3, 0.4) is 0 Å². The first kappa shape index (κ1) is 14.6. The monoisotopic (exact) mass is 288 g/mol. The summed E-state index contributed by atoms with van der Waals surface area (Å²) in [6.07, 6.45) is 1.12. The summed E-state index contributed by atoms with van der Waals surface area (Å²) in [5, 5.41) is 8.67. The summed E-state index contributed by atoms with van der Waals surface area (Å²) in [7, 11) is 0. The maximum atomic E-state index is 13.4. The van der Waals surface area contributed by atoms with Gasteiger partial charge in [0.05, 0.1) is 17.8 Å². The highest BCUT2D eigenvalue weighted by molar-refractivity contribution is 5.83. The molecule has 0 radical (unpaired) electrons. The second kappa shape index (κ2) is 5.67. The van der Waals surface area contributed by atoms with E-state index in [0.717, 1.165) is 19.2 Å². The molecule has 0 fully saturated rings. The molecule has 0 aliphatic heterocycles. The molecular weight excluding hydrogens is 278 g/mol. The van der Waals surface area contributed by atoms with Gasteiger partial charge in [0, 0.05) is 6.92 Å². The van der Waals surface area contributed by atoms with Crippen molar-refractivity contribution in [1.29, 1.82) is 5.26 Å². The van der Waals surface area contributed by atoms with Crippen LogP contribution in [-0.2, 0) is 10.7 Å². The summed E-state index contributed by atoms with van der Waals surface area (Å²) >= 11 is 0. The molecule has 1 aromatic heterocycles. The Labute approximate surface area is 119 Å². The van der Waals surface area contributed by atoms with E-state index in [1.807, 2.05) is 6.07 Å². The van der Waals surface area contributed by atoms with Crippen molar-refractivity contribution in [3.8, 4) is 17.6 Å². The van der Waals surface area contributed by atoms with Gasteiger partial charge in [-0.05, 0) is 36.4 Å². The topological polar surface area (TPSA) is 63.0 Å². The number of hydrogen-bond donors (Lipinski definition) is 0. The van der Waals surface area contributed by atoms with Crippen molar-refractivity contribution in [3.63, 3.8) is 0 Å². The number of nitriles is 1. The van der Waals surface area contributed by atoms with Crippen molar-refractivity contribution in [2.24, 2.45) is 0 Å². The molecule has 0 aliphatic rings. The van der Waals surface area contributed by atoms with Crippen molar-refractivity contribution in [2.45, 2.75) is 12.8 Å². The van der Waals surface area contributed by atoms with Crippen LogP contribution in [0.15, 0.2) is 42.6 Å². The SMILES string of the molecule is CC(=O)C(F)(F)c1ccc(Oc2ccc(C#N)cc2)cn1. The number of Topliss-reactive ketones (excluding diaryl/α,β-unsaturated/α-hetero) is 1. The number of nitrogens with zero attached hydrogens (tertiary/aromatic N) is 2. The fourth-order valence-corrected chi connectivity index (χ4v) is 1.54. The molecule has 2 aromatic rings. The average Bonchev–Trinajstić information content (AvgIpc) is 2.48. The number of alkyl halides is 2. The first-order valence-corrected chi connectivity index (χ1v) is 5.97. The fraction of sp³-hybridized carbons (Fsp3) is 0.133. The van der Waals surface area contributed by atoms with Crippen molar-refractivity contribution >= 4 is 5.78 Å². The fourth-order valence-electron chi connectivity index (χ4n) is 1.54. The first-order chi connectivity index (χ1) is 9.93. The molecule has 0 saturated carbocycles. The summed E-state index contributed by atoms with van der Waals surface area (Å²) in [4.78, 5) is 14.4. The molecule has 0 amide bonds. The number of hydrogen-bond acceptors (Lipinski definition) is 4. The number of carbonyl (C=O) groups excluding carboxylic acids is 1. The summed E-state index contributed by atoms with van der Waals surface area (Å²) in [5.74, 6) is -4.17. The van der Waals surface area contributed by atoms with Gasteiger partial charge in [-0.25, -0.2) is 0 Å². The van der Waals surface area contributed by atoms with Crippen LogP contribution in [0.4, 0.5) is 8.78 Å². The Bertz CT molecular complexity index is 689. The van der Waals surface area contributed by atoms with Gasteiger partial charge in [0.2, 0.25) is 5.78 Å². The lowest BCUT2D eigenvalue weighted by atomic mass is 10.1. The van der Waals surface area contributed by atoms with E-state index in [2.05, 4.69) is 4.98 Å². The second-order valence-electron chi connectivity index (χ2n) is 4.25. The van der Waals surface area contributed by atoms with Crippen LogP contribution < -0.4 is 4.74 Å². The number of halogens is 2. The molecule has 0 spiro atoms. The van der Waals surface area contributed by atoms with Crippen molar-refractivity contribution in [2.75, 3.05) is 0 Å². The lowest BCUT2D eigenvalue weighted by Gasteiger charge is -2.12. The zero-order chi connectivity index (χ0) is 15.5. The first-order valence-electron chi connectivity index (χ1n) is 5.97. The van der Waals surface area contributed by atoms with E-state index in [9.17, 15) is 13.6 Å². The lowest BCUT2D eigenvalue weighted by Crippen LogP contribution is -2.24. The van der Waals surface area contributed by atoms with Gasteiger partial charge in [-0.1, -0.05) is 0 Å². The third kappa shape index (κ3) is 3.20. The van der Waals surface area contributed by atoms with Gasteiger partial charge < -0.3 is 4.74 Å². The Morgan fingerprint density at radius 1 is 1.19 bits per heavy atom. The molecular formula is C15H10F2N2O2. The molecule has 4 nitrogen and oxygen atoms in total. The molecule has 106 valence electrons. The molecule has 2 rings (SSSR count). The van der Waals surface area contributed by atoms with Crippen molar-refractivity contribution < 1.29 is 18.3 Å². The van der Waals surface area contributed by atoms with Gasteiger partial charge in [0.1, 0.15) is 17.2 Å². The molecule has 0 atom stereocenters. The van der Waals surface area contributed by atoms with Gasteiger partial charge in [-0.2, -0.15) is 14.0 Å². The van der Waals surface area contributed by atoms with Crippen LogP contribution in [0.25, 0.3) is 0 Å². The standard InChI is InChI=1S/C15H10F2N2O2/c1-10(20)15(16,17)14-7-6-13(9-19-14)21-12-4-2-11(8-18)3-5-12/h2-7,9H,1H3. The molecule has 1 aromatic carbocycles. The van der Waals surface area contributed by atoms with E-state index < -0.39 is 17.4 Å².